The van der Waals surface area contributed by atoms with Crippen LogP contribution in [0.15, 0.2) is 78.0 Å². The van der Waals surface area contributed by atoms with Crippen molar-refractivity contribution in [3.05, 3.63) is 95.3 Å². The van der Waals surface area contributed by atoms with Crippen LogP contribution in [0.5, 0.6) is 0 Å². The maximum atomic E-state index is 14.5. The molecule has 4 nitrogen and oxygen atoms in total. The van der Waals surface area contributed by atoms with Gasteiger partial charge in [-0.1, -0.05) is 54.2 Å². The maximum Gasteiger partial charge on any atom is 0.196 e. The van der Waals surface area contributed by atoms with Gasteiger partial charge < -0.3 is 0 Å². The number of rotatable bonds is 5. The van der Waals surface area contributed by atoms with Crippen molar-refractivity contribution in [2.75, 3.05) is 0 Å². The monoisotopic (exact) mass is 400 g/mol. The molecule has 0 spiro atoms. The number of benzene rings is 3. The van der Waals surface area contributed by atoms with Crippen molar-refractivity contribution in [3.8, 4) is 23.1 Å². The van der Waals surface area contributed by atoms with Crippen LogP contribution in [0.4, 0.5) is 4.39 Å². The summed E-state index contributed by atoms with van der Waals surface area (Å²) in [7, 11) is 0. The van der Waals surface area contributed by atoms with Gasteiger partial charge in [0.25, 0.3) is 0 Å². The number of thioether (sulfide) groups is 1. The summed E-state index contributed by atoms with van der Waals surface area (Å²) in [4.78, 5) is 0. The second-order valence-corrected chi connectivity index (χ2v) is 7.46. The Balaban J connectivity index is 1.78. The fraction of sp³-hybridized carbons (Fsp3) is 0.0870. The Morgan fingerprint density at radius 3 is 2.59 bits per heavy atom. The molecule has 0 aliphatic rings. The van der Waals surface area contributed by atoms with Gasteiger partial charge in [0.15, 0.2) is 11.0 Å². The third-order valence-electron chi connectivity index (χ3n) is 4.50. The van der Waals surface area contributed by atoms with Crippen molar-refractivity contribution in [2.45, 2.75) is 17.8 Å². The van der Waals surface area contributed by atoms with E-state index in [0.29, 0.717) is 27.9 Å². The molecule has 3 aromatic carbocycles. The van der Waals surface area contributed by atoms with Gasteiger partial charge in [-0.3, -0.25) is 4.57 Å². The van der Waals surface area contributed by atoms with E-state index >= 15 is 0 Å². The van der Waals surface area contributed by atoms with Gasteiger partial charge in [0.2, 0.25) is 0 Å². The van der Waals surface area contributed by atoms with E-state index in [4.69, 9.17) is 0 Å². The Bertz CT molecular complexity index is 1210. The predicted octanol–water partition coefficient (Wildman–Crippen LogP) is 5.55. The van der Waals surface area contributed by atoms with Crippen molar-refractivity contribution < 1.29 is 4.39 Å². The molecule has 0 unspecified atom stereocenters. The molecule has 4 aromatic rings. The van der Waals surface area contributed by atoms with Gasteiger partial charge in [-0.25, -0.2) is 4.39 Å². The Hall–Kier alpha value is -3.43. The number of nitrogens with zero attached hydrogens (tertiary/aromatic N) is 4. The van der Waals surface area contributed by atoms with Gasteiger partial charge in [0.05, 0.1) is 17.2 Å². The number of aryl methyl sites for hydroxylation is 1. The lowest BCUT2D eigenvalue weighted by atomic mass is 10.1. The number of hydrogen-bond donors (Lipinski definition) is 0. The van der Waals surface area contributed by atoms with Crippen LogP contribution in [0, 0.1) is 24.1 Å². The normalized spacial score (nSPS) is 10.7. The Labute approximate surface area is 172 Å². The minimum Gasteiger partial charge on any atom is -0.270 e. The molecule has 29 heavy (non-hydrogen) atoms. The van der Waals surface area contributed by atoms with Crippen LogP contribution in [0.3, 0.4) is 0 Å². The molecular formula is C23H17FN4S. The molecule has 0 bridgehead atoms. The molecule has 0 amide bonds. The standard InChI is InChI=1S/C23H17FN4S/c1-16-7-6-10-19(13-16)28-22(20-11-4-5-12-21(20)24)26-27-23(28)29-15-18-9-3-2-8-17(18)14-25/h2-13H,15H2,1H3. The largest absolute Gasteiger partial charge is 0.270 e. The molecule has 0 atom stereocenters. The first-order chi connectivity index (χ1) is 14.2. The molecule has 0 aliphatic carbocycles. The van der Waals surface area contributed by atoms with Crippen LogP contribution >= 0.6 is 11.8 Å². The van der Waals surface area contributed by atoms with Gasteiger partial charge in [-0.15, -0.1) is 10.2 Å². The van der Waals surface area contributed by atoms with Crippen molar-refractivity contribution >= 4 is 11.8 Å². The number of hydrogen-bond acceptors (Lipinski definition) is 4. The summed E-state index contributed by atoms with van der Waals surface area (Å²) < 4.78 is 16.4. The van der Waals surface area contributed by atoms with E-state index in [1.165, 1.54) is 17.8 Å². The topological polar surface area (TPSA) is 54.5 Å². The fourth-order valence-electron chi connectivity index (χ4n) is 3.08. The van der Waals surface area contributed by atoms with Crippen LogP contribution in [0.25, 0.3) is 17.1 Å². The number of nitriles is 1. The molecule has 0 aliphatic heterocycles. The van der Waals surface area contributed by atoms with Gasteiger partial charge in [-0.2, -0.15) is 5.26 Å². The summed E-state index contributed by atoms with van der Waals surface area (Å²) in [5.41, 5.74) is 3.90. The summed E-state index contributed by atoms with van der Waals surface area (Å²) in [5, 5.41) is 18.6. The highest BCUT2D eigenvalue weighted by molar-refractivity contribution is 7.98. The van der Waals surface area contributed by atoms with Crippen molar-refractivity contribution in [1.29, 1.82) is 5.26 Å². The second-order valence-electron chi connectivity index (χ2n) is 6.52. The number of halogens is 1. The van der Waals surface area contributed by atoms with Crippen molar-refractivity contribution in [1.82, 2.24) is 14.8 Å². The zero-order valence-corrected chi connectivity index (χ0v) is 16.5. The molecule has 0 radical (unpaired) electrons. The smallest absolute Gasteiger partial charge is 0.196 e. The maximum absolute atomic E-state index is 14.5. The molecule has 0 saturated carbocycles. The van der Waals surface area contributed by atoms with E-state index in [1.54, 1.807) is 24.3 Å². The summed E-state index contributed by atoms with van der Waals surface area (Å²) in [5.74, 6) is 0.662. The highest BCUT2D eigenvalue weighted by atomic mass is 32.2. The lowest BCUT2D eigenvalue weighted by molar-refractivity contribution is 0.629. The molecule has 6 heteroatoms. The lowest BCUT2D eigenvalue weighted by Crippen LogP contribution is -2.01. The fourth-order valence-corrected chi connectivity index (χ4v) is 4.03. The third kappa shape index (κ3) is 3.91. The van der Waals surface area contributed by atoms with Gasteiger partial charge in [0.1, 0.15) is 5.82 Å². The summed E-state index contributed by atoms with van der Waals surface area (Å²) in [6.45, 7) is 2.01. The third-order valence-corrected chi connectivity index (χ3v) is 5.48. The number of aromatic nitrogens is 3. The minimum atomic E-state index is -0.347. The predicted molar refractivity (Wildman–Crippen MR) is 112 cm³/mol. The average molecular weight is 400 g/mol. The van der Waals surface area contributed by atoms with Gasteiger partial charge >= 0.3 is 0 Å². The summed E-state index contributed by atoms with van der Waals surface area (Å²) in [6, 6.07) is 24.2. The lowest BCUT2D eigenvalue weighted by Gasteiger charge is -2.12. The van der Waals surface area contributed by atoms with Crippen LogP contribution in [0.1, 0.15) is 16.7 Å². The van der Waals surface area contributed by atoms with E-state index in [-0.39, 0.29) is 5.82 Å². The Morgan fingerprint density at radius 2 is 1.79 bits per heavy atom. The first-order valence-electron chi connectivity index (χ1n) is 9.05. The molecule has 1 heterocycles. The zero-order valence-electron chi connectivity index (χ0n) is 15.7. The van der Waals surface area contributed by atoms with E-state index < -0.39 is 0 Å². The first-order valence-corrected chi connectivity index (χ1v) is 10.0. The first kappa shape index (κ1) is 18.9. The zero-order chi connectivity index (χ0) is 20.2. The second kappa shape index (κ2) is 8.29. The van der Waals surface area contributed by atoms with Crippen molar-refractivity contribution in [2.24, 2.45) is 0 Å². The molecule has 1 aromatic heterocycles. The molecule has 0 fully saturated rings. The van der Waals surface area contributed by atoms with E-state index in [2.05, 4.69) is 16.3 Å². The average Bonchev–Trinajstić information content (AvgIpc) is 3.16. The van der Waals surface area contributed by atoms with Gasteiger partial charge in [-0.05, 0) is 48.4 Å². The minimum absolute atomic E-state index is 0.347. The van der Waals surface area contributed by atoms with E-state index in [1.807, 2.05) is 54.0 Å². The molecule has 4 rings (SSSR count). The van der Waals surface area contributed by atoms with Crippen LogP contribution in [-0.2, 0) is 5.75 Å². The molecule has 142 valence electrons. The highest BCUT2D eigenvalue weighted by Gasteiger charge is 2.19. The highest BCUT2D eigenvalue weighted by Crippen LogP contribution is 2.31. The molecule has 0 saturated heterocycles. The SMILES string of the molecule is Cc1cccc(-n2c(SCc3ccccc3C#N)nnc2-c2ccccc2F)c1. The van der Waals surface area contributed by atoms with Crippen LogP contribution in [-0.4, -0.2) is 14.8 Å². The van der Waals surface area contributed by atoms with E-state index in [9.17, 15) is 9.65 Å². The van der Waals surface area contributed by atoms with Crippen LogP contribution in [0.2, 0.25) is 0 Å². The Morgan fingerprint density at radius 1 is 1.00 bits per heavy atom. The molecular weight excluding hydrogens is 383 g/mol. The van der Waals surface area contributed by atoms with Crippen LogP contribution < -0.4 is 0 Å². The van der Waals surface area contributed by atoms with E-state index in [0.717, 1.165) is 16.8 Å². The van der Waals surface area contributed by atoms with Crippen molar-refractivity contribution in [3.63, 3.8) is 0 Å². The summed E-state index contributed by atoms with van der Waals surface area (Å²) >= 11 is 1.47. The molecule has 0 N–H and O–H groups in total. The Kier molecular flexibility index (Phi) is 5.41. The summed E-state index contributed by atoms with van der Waals surface area (Å²) in [6.07, 6.45) is 0. The van der Waals surface area contributed by atoms with Gasteiger partial charge in [0, 0.05) is 11.4 Å². The quantitative estimate of drug-likeness (QED) is 0.412.